The first-order chi connectivity index (χ1) is 12.0. The van der Waals surface area contributed by atoms with Gasteiger partial charge in [0, 0.05) is 32.4 Å². The fourth-order valence-corrected chi connectivity index (χ4v) is 3.25. The zero-order chi connectivity index (χ0) is 18.0. The zero-order valence-corrected chi connectivity index (χ0v) is 15.4. The van der Waals surface area contributed by atoms with Crippen molar-refractivity contribution in [2.75, 3.05) is 38.7 Å². The Balaban J connectivity index is 1.76. The van der Waals surface area contributed by atoms with E-state index in [9.17, 15) is 4.79 Å². The topological polar surface area (TPSA) is 75.9 Å². The third-order valence-electron chi connectivity index (χ3n) is 4.41. The quantitative estimate of drug-likeness (QED) is 0.755. The lowest BCUT2D eigenvalue weighted by atomic mass is 9.98. The molecule has 2 aromatic heterocycles. The maximum absolute atomic E-state index is 12.0. The van der Waals surface area contributed by atoms with Crippen LogP contribution in [0.25, 0.3) is 5.78 Å². The molecule has 25 heavy (non-hydrogen) atoms. The molecule has 1 fully saturated rings. The van der Waals surface area contributed by atoms with Crippen LogP contribution in [0, 0.1) is 12.8 Å². The Kier molecular flexibility index (Phi) is 5.17. The van der Waals surface area contributed by atoms with E-state index >= 15 is 0 Å². The van der Waals surface area contributed by atoms with Crippen molar-refractivity contribution in [3.8, 4) is 0 Å². The van der Waals surface area contributed by atoms with Crippen molar-refractivity contribution in [2.24, 2.45) is 5.92 Å². The lowest BCUT2D eigenvalue weighted by Crippen LogP contribution is -2.39. The molecule has 1 saturated heterocycles. The van der Waals surface area contributed by atoms with Gasteiger partial charge in [0.25, 0.3) is 5.78 Å². The number of aryl methyl sites for hydroxylation is 1. The monoisotopic (exact) mass is 346 g/mol. The summed E-state index contributed by atoms with van der Waals surface area (Å²) in [6, 6.07) is 1.99. The number of carbonyl (C=O) groups excluding carboxylic acids is 1. The average Bonchev–Trinajstić information content (AvgIpc) is 2.96. The number of hydrogen-bond acceptors (Lipinski definition) is 7. The second-order valence-electron chi connectivity index (χ2n) is 6.72. The average molecular weight is 346 g/mol. The SMILES string of the molecule is CCOC(=O)C1CCCN(Cc2nc3nc(C)cc(N(C)C)n3n2)C1. The van der Waals surface area contributed by atoms with Crippen LogP contribution >= 0.6 is 0 Å². The summed E-state index contributed by atoms with van der Waals surface area (Å²) >= 11 is 0. The van der Waals surface area contributed by atoms with E-state index < -0.39 is 0 Å². The van der Waals surface area contributed by atoms with Gasteiger partial charge in [-0.1, -0.05) is 0 Å². The van der Waals surface area contributed by atoms with Crippen LogP contribution in [0.15, 0.2) is 6.07 Å². The van der Waals surface area contributed by atoms with E-state index in [0.29, 0.717) is 25.5 Å². The second kappa shape index (κ2) is 7.35. The Morgan fingerprint density at radius 3 is 2.92 bits per heavy atom. The molecule has 0 aliphatic carbocycles. The molecule has 0 bridgehead atoms. The highest BCUT2D eigenvalue weighted by Crippen LogP contribution is 2.20. The van der Waals surface area contributed by atoms with E-state index in [2.05, 4.69) is 20.0 Å². The molecule has 8 heteroatoms. The van der Waals surface area contributed by atoms with Crippen molar-refractivity contribution in [3.05, 3.63) is 17.6 Å². The van der Waals surface area contributed by atoms with Crippen LogP contribution in [0.1, 0.15) is 31.3 Å². The summed E-state index contributed by atoms with van der Waals surface area (Å²) in [5.41, 5.74) is 0.912. The Labute approximate surface area is 147 Å². The Morgan fingerprint density at radius 2 is 2.20 bits per heavy atom. The smallest absolute Gasteiger partial charge is 0.310 e. The van der Waals surface area contributed by atoms with Gasteiger partial charge in [-0.2, -0.15) is 9.50 Å². The number of hydrogen-bond donors (Lipinski definition) is 0. The Bertz CT molecular complexity index is 757. The van der Waals surface area contributed by atoms with Crippen molar-refractivity contribution < 1.29 is 9.53 Å². The molecular weight excluding hydrogens is 320 g/mol. The van der Waals surface area contributed by atoms with Crippen molar-refractivity contribution in [1.29, 1.82) is 0 Å². The van der Waals surface area contributed by atoms with E-state index in [1.54, 1.807) is 4.52 Å². The molecule has 0 saturated carbocycles. The number of likely N-dealkylation sites (tertiary alicyclic amines) is 1. The number of ether oxygens (including phenoxy) is 1. The first-order valence-corrected chi connectivity index (χ1v) is 8.77. The zero-order valence-electron chi connectivity index (χ0n) is 15.4. The summed E-state index contributed by atoms with van der Waals surface area (Å²) in [5, 5.41) is 4.62. The van der Waals surface area contributed by atoms with Crippen molar-refractivity contribution in [1.82, 2.24) is 24.5 Å². The molecule has 0 radical (unpaired) electrons. The van der Waals surface area contributed by atoms with Crippen molar-refractivity contribution >= 4 is 17.6 Å². The molecule has 1 unspecified atom stereocenters. The van der Waals surface area contributed by atoms with Crippen LogP contribution < -0.4 is 4.90 Å². The first kappa shape index (κ1) is 17.6. The summed E-state index contributed by atoms with van der Waals surface area (Å²) in [4.78, 5) is 25.3. The largest absolute Gasteiger partial charge is 0.466 e. The molecule has 8 nitrogen and oxygen atoms in total. The Hall–Kier alpha value is -2.22. The predicted octanol–water partition coefficient (Wildman–Crippen LogP) is 1.27. The van der Waals surface area contributed by atoms with Crippen LogP contribution in [0.4, 0.5) is 5.82 Å². The van der Waals surface area contributed by atoms with Gasteiger partial charge in [0.1, 0.15) is 5.82 Å². The molecule has 0 amide bonds. The predicted molar refractivity (Wildman–Crippen MR) is 94.5 cm³/mol. The molecule has 3 rings (SSSR count). The molecule has 1 atom stereocenters. The van der Waals surface area contributed by atoms with E-state index in [0.717, 1.165) is 36.7 Å². The van der Waals surface area contributed by atoms with Crippen LogP contribution in [0.3, 0.4) is 0 Å². The van der Waals surface area contributed by atoms with Gasteiger partial charge in [-0.15, -0.1) is 5.10 Å². The summed E-state index contributed by atoms with van der Waals surface area (Å²) < 4.78 is 6.94. The number of piperidine rings is 1. The maximum Gasteiger partial charge on any atom is 0.310 e. The number of aromatic nitrogens is 4. The van der Waals surface area contributed by atoms with Gasteiger partial charge in [0.05, 0.1) is 19.1 Å². The fourth-order valence-electron chi connectivity index (χ4n) is 3.25. The number of anilines is 1. The lowest BCUT2D eigenvalue weighted by molar-refractivity contribution is -0.150. The summed E-state index contributed by atoms with van der Waals surface area (Å²) in [6.45, 7) is 6.49. The van der Waals surface area contributed by atoms with Crippen molar-refractivity contribution in [2.45, 2.75) is 33.2 Å². The van der Waals surface area contributed by atoms with Crippen LogP contribution in [-0.4, -0.2) is 64.2 Å². The molecular formula is C17H26N6O2. The van der Waals surface area contributed by atoms with Gasteiger partial charge in [-0.3, -0.25) is 9.69 Å². The van der Waals surface area contributed by atoms with E-state index in [1.807, 2.05) is 38.9 Å². The van der Waals surface area contributed by atoms with Gasteiger partial charge in [-0.05, 0) is 33.2 Å². The fraction of sp³-hybridized carbons (Fsp3) is 0.647. The first-order valence-electron chi connectivity index (χ1n) is 8.77. The van der Waals surface area contributed by atoms with Crippen LogP contribution in [0.2, 0.25) is 0 Å². The minimum absolute atomic E-state index is 0.0524. The molecule has 1 aliphatic rings. The van der Waals surface area contributed by atoms with Crippen LogP contribution in [0.5, 0.6) is 0 Å². The minimum atomic E-state index is -0.0950. The van der Waals surface area contributed by atoms with E-state index in [1.165, 1.54) is 0 Å². The highest BCUT2D eigenvalue weighted by atomic mass is 16.5. The molecule has 136 valence electrons. The molecule has 3 heterocycles. The van der Waals surface area contributed by atoms with E-state index in [-0.39, 0.29) is 11.9 Å². The Morgan fingerprint density at radius 1 is 1.40 bits per heavy atom. The maximum atomic E-state index is 12.0. The van der Waals surface area contributed by atoms with E-state index in [4.69, 9.17) is 4.74 Å². The van der Waals surface area contributed by atoms with Gasteiger partial charge < -0.3 is 9.64 Å². The molecule has 2 aromatic rings. The molecule has 0 aromatic carbocycles. The van der Waals surface area contributed by atoms with Gasteiger partial charge in [0.2, 0.25) is 0 Å². The number of esters is 1. The van der Waals surface area contributed by atoms with Gasteiger partial charge in [0.15, 0.2) is 5.82 Å². The standard InChI is InChI=1S/C17H26N6O2/c1-5-25-16(24)13-7-6-8-22(10-13)11-14-19-17-18-12(2)9-15(21(3)4)23(17)20-14/h9,13H,5-8,10-11H2,1-4H3. The number of nitrogens with zero attached hydrogens (tertiary/aromatic N) is 6. The number of fused-ring (bicyclic) bond motifs is 1. The minimum Gasteiger partial charge on any atom is -0.466 e. The van der Waals surface area contributed by atoms with Crippen LogP contribution in [-0.2, 0) is 16.1 Å². The summed E-state index contributed by atoms with van der Waals surface area (Å²) in [7, 11) is 3.95. The molecule has 0 spiro atoms. The summed E-state index contributed by atoms with van der Waals surface area (Å²) in [6.07, 6.45) is 1.87. The third kappa shape index (κ3) is 3.89. The van der Waals surface area contributed by atoms with Gasteiger partial charge in [-0.25, -0.2) is 4.98 Å². The van der Waals surface area contributed by atoms with Gasteiger partial charge >= 0.3 is 5.97 Å². The van der Waals surface area contributed by atoms with Crippen molar-refractivity contribution in [3.63, 3.8) is 0 Å². The normalized spacial score (nSPS) is 18.5. The third-order valence-corrected chi connectivity index (χ3v) is 4.41. The lowest BCUT2D eigenvalue weighted by Gasteiger charge is -2.30. The number of rotatable bonds is 5. The molecule has 0 N–H and O–H groups in total. The highest BCUT2D eigenvalue weighted by Gasteiger charge is 2.27. The molecule has 1 aliphatic heterocycles. The summed E-state index contributed by atoms with van der Waals surface area (Å²) in [5.74, 6) is 2.14. The number of carbonyl (C=O) groups is 1. The second-order valence-corrected chi connectivity index (χ2v) is 6.72. The highest BCUT2D eigenvalue weighted by molar-refractivity contribution is 5.72.